The molecule has 0 aromatic carbocycles. The molecule has 0 spiro atoms. The van der Waals surface area contributed by atoms with Crippen LogP contribution in [-0.4, -0.2) is 74.5 Å². The van der Waals surface area contributed by atoms with Crippen molar-refractivity contribution in [3.8, 4) is 0 Å². The molecule has 0 unspecified atom stereocenters. The zero-order valence-electron chi connectivity index (χ0n) is 19.1. The maximum atomic E-state index is 13.4. The Morgan fingerprint density at radius 1 is 1.12 bits per heavy atom. The van der Waals surface area contributed by atoms with Crippen LogP contribution in [0.1, 0.15) is 40.3 Å². The number of carbonyl (C=O) groups excluding carboxylic acids is 2. The molecular formula is C20H29BrN6O5. The molecule has 2 aromatic rings. The number of rotatable bonds is 5. The molecule has 1 saturated heterocycles. The predicted octanol–water partition coefficient (Wildman–Crippen LogP) is 1.84. The zero-order valence-corrected chi connectivity index (χ0v) is 20.6. The summed E-state index contributed by atoms with van der Waals surface area (Å²) < 4.78 is 13.7. The Bertz CT molecular complexity index is 1070. The number of ether oxygens (including phenoxy) is 2. The molecule has 0 saturated carbocycles. The molecule has 1 aliphatic heterocycles. The minimum atomic E-state index is -0.573. The van der Waals surface area contributed by atoms with Crippen molar-refractivity contribution in [2.45, 2.75) is 53.2 Å². The van der Waals surface area contributed by atoms with Gasteiger partial charge in [-0.15, -0.1) is 5.10 Å². The Morgan fingerprint density at radius 3 is 2.34 bits per heavy atom. The first kappa shape index (κ1) is 24.0. The SMILES string of the molecule is CCOC(=O)Cn1c(CC)c(N2CCN(C(=O)OC(C)(C)C)CC2)c(=O)n2nc(Br)nc12. The predicted molar refractivity (Wildman–Crippen MR) is 121 cm³/mol. The van der Waals surface area contributed by atoms with Crippen LogP contribution in [0.5, 0.6) is 0 Å². The van der Waals surface area contributed by atoms with Gasteiger partial charge < -0.3 is 23.8 Å². The van der Waals surface area contributed by atoms with E-state index in [2.05, 4.69) is 26.0 Å². The van der Waals surface area contributed by atoms with Gasteiger partial charge in [-0.2, -0.15) is 9.50 Å². The summed E-state index contributed by atoms with van der Waals surface area (Å²) in [7, 11) is 0. The highest BCUT2D eigenvalue weighted by atomic mass is 79.9. The second-order valence-electron chi connectivity index (χ2n) is 8.39. The fourth-order valence-corrected chi connectivity index (χ4v) is 4.00. The van der Waals surface area contributed by atoms with Crippen LogP contribution >= 0.6 is 15.9 Å². The van der Waals surface area contributed by atoms with E-state index in [4.69, 9.17) is 9.47 Å². The van der Waals surface area contributed by atoms with Gasteiger partial charge in [0.2, 0.25) is 10.5 Å². The van der Waals surface area contributed by atoms with E-state index < -0.39 is 11.6 Å². The number of amides is 1. The van der Waals surface area contributed by atoms with E-state index in [1.807, 2.05) is 32.6 Å². The highest BCUT2D eigenvalue weighted by Crippen LogP contribution is 2.22. The third kappa shape index (κ3) is 5.05. The molecule has 32 heavy (non-hydrogen) atoms. The van der Waals surface area contributed by atoms with Crippen molar-refractivity contribution in [2.24, 2.45) is 0 Å². The van der Waals surface area contributed by atoms with Crippen molar-refractivity contribution in [2.75, 3.05) is 37.7 Å². The Labute approximate surface area is 194 Å². The molecule has 2 aromatic heterocycles. The fourth-order valence-electron chi connectivity index (χ4n) is 3.68. The van der Waals surface area contributed by atoms with Crippen LogP contribution in [0.2, 0.25) is 0 Å². The highest BCUT2D eigenvalue weighted by molar-refractivity contribution is 9.10. The molecule has 0 N–H and O–H groups in total. The van der Waals surface area contributed by atoms with E-state index in [0.717, 1.165) is 0 Å². The summed E-state index contributed by atoms with van der Waals surface area (Å²) in [4.78, 5) is 45.9. The summed E-state index contributed by atoms with van der Waals surface area (Å²) in [6, 6.07) is 0. The number of hydrogen-bond donors (Lipinski definition) is 0. The average Bonchev–Trinajstić information content (AvgIpc) is 3.11. The molecule has 3 heterocycles. The van der Waals surface area contributed by atoms with Gasteiger partial charge in [-0.25, -0.2) is 4.79 Å². The van der Waals surface area contributed by atoms with Gasteiger partial charge in [0.1, 0.15) is 17.8 Å². The molecule has 0 bridgehead atoms. The van der Waals surface area contributed by atoms with Gasteiger partial charge in [0.25, 0.3) is 5.56 Å². The molecular weight excluding hydrogens is 484 g/mol. The van der Waals surface area contributed by atoms with Gasteiger partial charge in [-0.3, -0.25) is 9.59 Å². The molecule has 0 aliphatic carbocycles. The van der Waals surface area contributed by atoms with Crippen LogP contribution in [0.25, 0.3) is 5.78 Å². The Hall–Kier alpha value is -2.63. The summed E-state index contributed by atoms with van der Waals surface area (Å²) in [5.41, 5.74) is 0.225. The molecule has 1 fully saturated rings. The fraction of sp³-hybridized carbons (Fsp3) is 0.650. The first-order chi connectivity index (χ1) is 15.1. The van der Waals surface area contributed by atoms with Gasteiger partial charge in [-0.1, -0.05) is 6.92 Å². The standard InChI is InChI=1S/C20H29BrN6O5/c1-6-13-15(24-8-10-25(11-9-24)19(30)32-20(3,4)5)16(29)27-18(22-17(21)23-27)26(13)12-14(28)31-7-2/h6-12H2,1-5H3. The Kier molecular flexibility index (Phi) is 7.11. The largest absolute Gasteiger partial charge is 0.465 e. The number of hydrogen-bond acceptors (Lipinski definition) is 8. The van der Waals surface area contributed by atoms with E-state index in [1.165, 1.54) is 4.52 Å². The van der Waals surface area contributed by atoms with Gasteiger partial charge >= 0.3 is 12.1 Å². The van der Waals surface area contributed by atoms with Crippen LogP contribution in [0.4, 0.5) is 10.5 Å². The lowest BCUT2D eigenvalue weighted by Gasteiger charge is -2.37. The van der Waals surface area contributed by atoms with Crippen molar-refractivity contribution >= 4 is 39.5 Å². The molecule has 3 rings (SSSR count). The van der Waals surface area contributed by atoms with Crippen molar-refractivity contribution in [3.05, 3.63) is 20.8 Å². The number of fused-ring (bicyclic) bond motifs is 1. The number of esters is 1. The molecule has 11 nitrogen and oxygen atoms in total. The number of carbonyl (C=O) groups is 2. The minimum Gasteiger partial charge on any atom is -0.465 e. The van der Waals surface area contributed by atoms with Crippen LogP contribution in [0, 0.1) is 0 Å². The van der Waals surface area contributed by atoms with Gasteiger partial charge in [-0.05, 0) is 50.0 Å². The van der Waals surface area contributed by atoms with Crippen molar-refractivity contribution in [1.29, 1.82) is 0 Å². The highest BCUT2D eigenvalue weighted by Gasteiger charge is 2.30. The Morgan fingerprint density at radius 2 is 1.78 bits per heavy atom. The lowest BCUT2D eigenvalue weighted by Crippen LogP contribution is -2.51. The molecule has 0 radical (unpaired) electrons. The third-order valence-electron chi connectivity index (χ3n) is 4.97. The van der Waals surface area contributed by atoms with Crippen LogP contribution in [-0.2, 0) is 27.2 Å². The van der Waals surface area contributed by atoms with E-state index in [1.54, 1.807) is 16.4 Å². The van der Waals surface area contributed by atoms with Crippen molar-refractivity contribution in [3.63, 3.8) is 0 Å². The maximum absolute atomic E-state index is 13.4. The average molecular weight is 513 g/mol. The summed E-state index contributed by atoms with van der Waals surface area (Å²) in [5.74, 6) is -0.157. The molecule has 1 aliphatic rings. The van der Waals surface area contributed by atoms with E-state index in [0.29, 0.717) is 44.0 Å². The molecule has 176 valence electrons. The minimum absolute atomic E-state index is 0.0865. The monoisotopic (exact) mass is 512 g/mol. The summed E-state index contributed by atoms with van der Waals surface area (Å²) >= 11 is 3.22. The zero-order chi connectivity index (χ0) is 23.6. The number of aromatic nitrogens is 4. The number of piperazine rings is 1. The molecule has 12 heteroatoms. The van der Waals surface area contributed by atoms with E-state index in [9.17, 15) is 14.4 Å². The van der Waals surface area contributed by atoms with Crippen molar-refractivity contribution in [1.82, 2.24) is 24.1 Å². The van der Waals surface area contributed by atoms with Crippen LogP contribution in [0.3, 0.4) is 0 Å². The van der Waals surface area contributed by atoms with Crippen LogP contribution < -0.4 is 10.5 Å². The second-order valence-corrected chi connectivity index (χ2v) is 9.10. The number of nitrogens with zero attached hydrogens (tertiary/aromatic N) is 6. The first-order valence-electron chi connectivity index (χ1n) is 10.6. The maximum Gasteiger partial charge on any atom is 0.410 e. The van der Waals surface area contributed by atoms with Crippen molar-refractivity contribution < 1.29 is 19.1 Å². The topological polar surface area (TPSA) is 111 Å². The quantitative estimate of drug-likeness (QED) is 0.557. The molecule has 0 atom stereocenters. The smallest absolute Gasteiger partial charge is 0.410 e. The summed E-state index contributed by atoms with van der Waals surface area (Å²) in [6.45, 7) is 11.0. The summed E-state index contributed by atoms with van der Waals surface area (Å²) in [5, 5.41) is 4.17. The molecule has 1 amide bonds. The third-order valence-corrected chi connectivity index (χ3v) is 5.31. The van der Waals surface area contributed by atoms with Gasteiger partial charge in [0.05, 0.1) is 12.3 Å². The summed E-state index contributed by atoms with van der Waals surface area (Å²) in [6.07, 6.45) is 0.125. The normalized spacial score (nSPS) is 14.7. The van der Waals surface area contributed by atoms with Crippen LogP contribution in [0.15, 0.2) is 9.53 Å². The number of anilines is 1. The van der Waals surface area contributed by atoms with E-state index in [-0.39, 0.29) is 35.3 Å². The number of halogens is 1. The Balaban J connectivity index is 1.96. The van der Waals surface area contributed by atoms with Gasteiger partial charge in [0, 0.05) is 26.2 Å². The van der Waals surface area contributed by atoms with E-state index >= 15 is 0 Å². The first-order valence-corrected chi connectivity index (χ1v) is 11.4. The second kappa shape index (κ2) is 9.47. The van der Waals surface area contributed by atoms with Gasteiger partial charge in [0.15, 0.2) is 0 Å². The lowest BCUT2D eigenvalue weighted by molar-refractivity contribution is -0.143. The lowest BCUT2D eigenvalue weighted by atomic mass is 10.2.